The van der Waals surface area contributed by atoms with Crippen molar-refractivity contribution in [1.82, 2.24) is 19.4 Å². The van der Waals surface area contributed by atoms with Crippen LogP contribution in [0.2, 0.25) is 0 Å². The first-order valence-corrected chi connectivity index (χ1v) is 13.7. The van der Waals surface area contributed by atoms with Crippen LogP contribution in [0, 0.1) is 13.8 Å². The molecule has 2 aromatic carbocycles. The highest BCUT2D eigenvalue weighted by atomic mass is 15.3. The van der Waals surface area contributed by atoms with Gasteiger partial charge in [-0.1, -0.05) is 12.1 Å². The smallest absolute Gasteiger partial charge is 0.130 e. The van der Waals surface area contributed by atoms with Gasteiger partial charge in [0.1, 0.15) is 17.2 Å². The van der Waals surface area contributed by atoms with E-state index in [1.807, 2.05) is 6.92 Å². The van der Waals surface area contributed by atoms with Crippen molar-refractivity contribution < 1.29 is 0 Å². The lowest BCUT2D eigenvalue weighted by atomic mass is 10.0. The molecule has 0 radical (unpaired) electrons. The van der Waals surface area contributed by atoms with Gasteiger partial charge in [0.05, 0.1) is 11.2 Å². The van der Waals surface area contributed by atoms with Crippen LogP contribution in [0.3, 0.4) is 0 Å². The summed E-state index contributed by atoms with van der Waals surface area (Å²) in [7, 11) is 2.16. The molecule has 6 nitrogen and oxygen atoms in total. The Morgan fingerprint density at radius 1 is 0.865 bits per heavy atom. The summed E-state index contributed by atoms with van der Waals surface area (Å²) in [5.74, 6) is 2.65. The van der Waals surface area contributed by atoms with Crippen molar-refractivity contribution in [2.45, 2.75) is 52.5 Å². The fourth-order valence-corrected chi connectivity index (χ4v) is 5.68. The van der Waals surface area contributed by atoms with Gasteiger partial charge in [-0.2, -0.15) is 0 Å². The van der Waals surface area contributed by atoms with Crippen molar-refractivity contribution in [3.8, 4) is 11.1 Å². The Hall–Kier alpha value is -3.38. The van der Waals surface area contributed by atoms with E-state index in [2.05, 4.69) is 96.0 Å². The average molecular weight is 495 g/mol. The number of piperazine rings is 1. The molecule has 2 fully saturated rings. The van der Waals surface area contributed by atoms with Gasteiger partial charge in [-0.05, 0) is 93.6 Å². The number of hydrogen-bond acceptors (Lipinski definition) is 5. The predicted octanol–water partition coefficient (Wildman–Crippen LogP) is 6.40. The minimum absolute atomic E-state index is 0.587. The minimum Gasteiger partial charge on any atom is -0.369 e. The van der Waals surface area contributed by atoms with E-state index in [1.165, 1.54) is 46.6 Å². The fraction of sp³-hybridized carbons (Fsp3) is 0.419. The number of aryl methyl sites for hydroxylation is 3. The van der Waals surface area contributed by atoms with E-state index in [1.54, 1.807) is 0 Å². The molecule has 2 aliphatic rings. The van der Waals surface area contributed by atoms with Crippen LogP contribution >= 0.6 is 0 Å². The summed E-state index contributed by atoms with van der Waals surface area (Å²) in [5, 5.41) is 3.62. The fourth-order valence-electron chi connectivity index (χ4n) is 5.68. The Morgan fingerprint density at radius 3 is 2.24 bits per heavy atom. The van der Waals surface area contributed by atoms with Crippen molar-refractivity contribution in [3.05, 3.63) is 65.6 Å². The zero-order valence-electron chi connectivity index (χ0n) is 22.8. The molecule has 2 aromatic heterocycles. The number of rotatable bonds is 6. The number of fused-ring (bicyclic) bond motifs is 1. The van der Waals surface area contributed by atoms with Crippen LogP contribution < -0.4 is 10.2 Å². The molecule has 1 saturated carbocycles. The first kappa shape index (κ1) is 24.0. The van der Waals surface area contributed by atoms with Crippen molar-refractivity contribution >= 4 is 28.2 Å². The van der Waals surface area contributed by atoms with Gasteiger partial charge in [-0.25, -0.2) is 9.97 Å². The van der Waals surface area contributed by atoms with Crippen LogP contribution in [0.1, 0.15) is 49.7 Å². The van der Waals surface area contributed by atoms with E-state index in [4.69, 9.17) is 9.97 Å². The molecule has 6 heteroatoms. The maximum Gasteiger partial charge on any atom is 0.130 e. The molecule has 0 amide bonds. The Kier molecular flexibility index (Phi) is 6.15. The third kappa shape index (κ3) is 4.82. The summed E-state index contributed by atoms with van der Waals surface area (Å²) in [6.07, 6.45) is 2.47. The highest BCUT2D eigenvalue weighted by Crippen LogP contribution is 2.42. The summed E-state index contributed by atoms with van der Waals surface area (Å²) >= 11 is 0. The first-order chi connectivity index (χ1) is 17.9. The van der Waals surface area contributed by atoms with Crippen LogP contribution in [0.25, 0.3) is 22.2 Å². The van der Waals surface area contributed by atoms with Gasteiger partial charge < -0.3 is 14.8 Å². The number of imidazole rings is 1. The molecule has 37 heavy (non-hydrogen) atoms. The Morgan fingerprint density at radius 2 is 1.59 bits per heavy atom. The first-order valence-electron chi connectivity index (χ1n) is 13.7. The number of benzene rings is 2. The highest BCUT2D eigenvalue weighted by molar-refractivity contribution is 5.95. The van der Waals surface area contributed by atoms with E-state index < -0.39 is 0 Å². The number of pyridine rings is 1. The molecule has 0 unspecified atom stereocenters. The largest absolute Gasteiger partial charge is 0.369 e. The van der Waals surface area contributed by atoms with Gasteiger partial charge in [0.25, 0.3) is 0 Å². The quantitative estimate of drug-likeness (QED) is 0.336. The third-order valence-electron chi connectivity index (χ3n) is 7.93. The summed E-state index contributed by atoms with van der Waals surface area (Å²) < 4.78 is 2.29. The van der Waals surface area contributed by atoms with Gasteiger partial charge >= 0.3 is 0 Å². The van der Waals surface area contributed by atoms with E-state index in [0.717, 1.165) is 48.9 Å². The third-order valence-corrected chi connectivity index (χ3v) is 7.93. The van der Waals surface area contributed by atoms with Crippen LogP contribution in [0.15, 0.2) is 48.5 Å². The number of anilines is 3. The Balaban J connectivity index is 1.34. The maximum absolute atomic E-state index is 5.11. The van der Waals surface area contributed by atoms with E-state index in [9.17, 15) is 0 Å². The van der Waals surface area contributed by atoms with E-state index in [0.29, 0.717) is 12.0 Å². The highest BCUT2D eigenvalue weighted by Gasteiger charge is 2.29. The molecule has 1 aliphatic heterocycles. The molecule has 1 N–H and O–H groups in total. The molecule has 1 aliphatic carbocycles. The second-order valence-electron chi connectivity index (χ2n) is 11.2. The van der Waals surface area contributed by atoms with Crippen LogP contribution in [0.4, 0.5) is 17.2 Å². The van der Waals surface area contributed by atoms with Gasteiger partial charge in [0.2, 0.25) is 0 Å². The lowest BCUT2D eigenvalue weighted by Crippen LogP contribution is -2.48. The number of nitrogens with zero attached hydrogens (tertiary/aromatic N) is 5. The lowest BCUT2D eigenvalue weighted by Gasteiger charge is -2.38. The number of nitrogens with one attached hydrogen (secondary N) is 1. The minimum atomic E-state index is 0.587. The molecular formula is C31H38N6. The predicted molar refractivity (Wildman–Crippen MR) is 154 cm³/mol. The number of hydrogen-bond donors (Lipinski definition) is 1. The van der Waals surface area contributed by atoms with Crippen LogP contribution in [0.5, 0.6) is 0 Å². The molecule has 3 heterocycles. The lowest BCUT2D eigenvalue weighted by molar-refractivity contribution is 0.209. The van der Waals surface area contributed by atoms with Gasteiger partial charge in [-0.15, -0.1) is 0 Å². The number of aromatic nitrogens is 3. The molecule has 0 bridgehead atoms. The van der Waals surface area contributed by atoms with Crippen molar-refractivity contribution in [3.63, 3.8) is 0 Å². The summed E-state index contributed by atoms with van der Waals surface area (Å²) in [6.45, 7) is 13.1. The second kappa shape index (κ2) is 9.49. The molecule has 192 valence electrons. The Bertz CT molecular complexity index is 1400. The standard InChI is InChI=1S/C31H38N6/c1-20(2)36-12-14-37(15-13-36)26-10-8-23(9-11-26)25-18-27(33-29-17-21(3)16-22(4)32-29)30-28(19-25)35(5)31(34-30)24-6-7-24/h8-11,16-20,24H,6-7,12-15H2,1-5H3,(H,32,33). The summed E-state index contributed by atoms with van der Waals surface area (Å²) in [5.41, 5.74) is 9.14. The zero-order valence-corrected chi connectivity index (χ0v) is 22.8. The zero-order chi connectivity index (χ0) is 25.7. The Labute approximate surface area is 220 Å². The van der Waals surface area contributed by atoms with Crippen molar-refractivity contribution in [1.29, 1.82) is 0 Å². The molecule has 1 saturated heterocycles. The summed E-state index contributed by atoms with van der Waals surface area (Å²) in [6, 6.07) is 18.5. The van der Waals surface area contributed by atoms with E-state index >= 15 is 0 Å². The van der Waals surface area contributed by atoms with E-state index in [-0.39, 0.29) is 0 Å². The SMILES string of the molecule is Cc1cc(C)nc(Nc2cc(-c3ccc(N4CCN(C(C)C)CC4)cc3)cc3c2nc(C2CC2)n3C)c1. The van der Waals surface area contributed by atoms with Crippen LogP contribution in [-0.4, -0.2) is 51.7 Å². The van der Waals surface area contributed by atoms with Gasteiger partial charge in [0.15, 0.2) is 0 Å². The normalized spacial score (nSPS) is 16.6. The molecule has 0 atom stereocenters. The van der Waals surface area contributed by atoms with Crippen molar-refractivity contribution in [2.24, 2.45) is 7.05 Å². The van der Waals surface area contributed by atoms with Gasteiger partial charge in [-0.3, -0.25) is 4.90 Å². The monoisotopic (exact) mass is 494 g/mol. The maximum atomic E-state index is 5.11. The molecule has 0 spiro atoms. The molecular weight excluding hydrogens is 456 g/mol. The van der Waals surface area contributed by atoms with Gasteiger partial charge in [0, 0.05) is 56.6 Å². The molecule has 4 aromatic rings. The molecule has 6 rings (SSSR count). The average Bonchev–Trinajstić information content (AvgIpc) is 3.67. The second-order valence-corrected chi connectivity index (χ2v) is 11.2. The van der Waals surface area contributed by atoms with Crippen molar-refractivity contribution in [2.75, 3.05) is 36.4 Å². The summed E-state index contributed by atoms with van der Waals surface area (Å²) in [4.78, 5) is 14.9. The topological polar surface area (TPSA) is 49.2 Å². The van der Waals surface area contributed by atoms with Crippen LogP contribution in [-0.2, 0) is 7.05 Å².